The third-order valence-corrected chi connectivity index (χ3v) is 5.16. The second kappa shape index (κ2) is 4.99. The van der Waals surface area contributed by atoms with Gasteiger partial charge in [0.1, 0.15) is 11.3 Å². The van der Waals surface area contributed by atoms with Crippen LogP contribution < -0.4 is 0 Å². The molecule has 0 spiro atoms. The number of nitrogens with zero attached hydrogens (tertiary/aromatic N) is 2. The maximum Gasteiger partial charge on any atom is 0.125 e. The number of alkyl halides is 1. The maximum absolute atomic E-state index is 6.25. The highest BCUT2D eigenvalue weighted by molar-refractivity contribution is 6.35. The smallest absolute Gasteiger partial charge is 0.125 e. The molecule has 3 atom stereocenters. The van der Waals surface area contributed by atoms with Gasteiger partial charge in [0.05, 0.1) is 16.4 Å². The molecule has 19 heavy (non-hydrogen) atoms. The van der Waals surface area contributed by atoms with Crippen LogP contribution in [0.4, 0.5) is 0 Å². The molecule has 1 fully saturated rings. The summed E-state index contributed by atoms with van der Waals surface area (Å²) in [6, 6.07) is 6.47. The van der Waals surface area contributed by atoms with Gasteiger partial charge in [-0.05, 0) is 36.8 Å². The summed E-state index contributed by atoms with van der Waals surface area (Å²) in [4.78, 5) is 4.63. The van der Waals surface area contributed by atoms with Gasteiger partial charge in [-0.25, -0.2) is 4.98 Å². The Labute approximate surface area is 123 Å². The quantitative estimate of drug-likeness (QED) is 0.710. The Morgan fingerprint density at radius 2 is 2.11 bits per heavy atom. The van der Waals surface area contributed by atoms with Gasteiger partial charge >= 0.3 is 0 Å². The standard InChI is InChI=1S/C15H18Cl2N2/c1-9-6-7-12(10(9)2)19-13-5-3-4-11(17)15(13)18-14(19)8-16/h3-5,9-10,12H,6-8H2,1-2H3. The van der Waals surface area contributed by atoms with Crippen LogP contribution >= 0.6 is 23.2 Å². The first-order valence-corrected chi connectivity index (χ1v) is 7.76. The number of hydrogen-bond acceptors (Lipinski definition) is 1. The van der Waals surface area contributed by atoms with E-state index in [1.54, 1.807) is 0 Å². The van der Waals surface area contributed by atoms with E-state index in [0.29, 0.717) is 22.9 Å². The van der Waals surface area contributed by atoms with E-state index in [1.807, 2.05) is 12.1 Å². The molecule has 102 valence electrons. The topological polar surface area (TPSA) is 17.8 Å². The van der Waals surface area contributed by atoms with Crippen molar-refractivity contribution in [3.63, 3.8) is 0 Å². The van der Waals surface area contributed by atoms with Gasteiger partial charge in [-0.3, -0.25) is 0 Å². The first-order valence-electron chi connectivity index (χ1n) is 6.84. The summed E-state index contributed by atoms with van der Waals surface area (Å²) in [6.45, 7) is 4.66. The van der Waals surface area contributed by atoms with E-state index < -0.39 is 0 Å². The molecule has 2 nitrogen and oxygen atoms in total. The fourth-order valence-electron chi connectivity index (χ4n) is 3.30. The van der Waals surface area contributed by atoms with Gasteiger partial charge in [0.25, 0.3) is 0 Å². The normalized spacial score (nSPS) is 27.3. The third kappa shape index (κ3) is 2.05. The van der Waals surface area contributed by atoms with Gasteiger partial charge in [-0.1, -0.05) is 31.5 Å². The van der Waals surface area contributed by atoms with E-state index in [2.05, 4.69) is 29.5 Å². The van der Waals surface area contributed by atoms with Gasteiger partial charge in [0.2, 0.25) is 0 Å². The van der Waals surface area contributed by atoms with Crippen LogP contribution in [0.2, 0.25) is 5.02 Å². The van der Waals surface area contributed by atoms with Crippen LogP contribution in [0, 0.1) is 11.8 Å². The molecule has 0 radical (unpaired) electrons. The SMILES string of the molecule is CC1CCC(n2c(CCl)nc3c(Cl)cccc32)C1C. The van der Waals surface area contributed by atoms with Crippen LogP contribution in [-0.4, -0.2) is 9.55 Å². The fourth-order valence-corrected chi connectivity index (χ4v) is 3.70. The minimum absolute atomic E-state index is 0.433. The number of rotatable bonds is 2. The van der Waals surface area contributed by atoms with E-state index in [4.69, 9.17) is 23.2 Å². The van der Waals surface area contributed by atoms with E-state index in [9.17, 15) is 0 Å². The van der Waals surface area contributed by atoms with Crippen molar-refractivity contribution >= 4 is 34.2 Å². The molecule has 1 aliphatic rings. The van der Waals surface area contributed by atoms with Gasteiger partial charge in [0.15, 0.2) is 0 Å². The number of benzene rings is 1. The molecule has 3 unspecified atom stereocenters. The van der Waals surface area contributed by atoms with Crippen molar-refractivity contribution in [1.29, 1.82) is 0 Å². The minimum atomic E-state index is 0.433. The number of hydrogen-bond donors (Lipinski definition) is 0. The second-order valence-electron chi connectivity index (χ2n) is 5.62. The Bertz CT molecular complexity index is 605. The van der Waals surface area contributed by atoms with Crippen LogP contribution in [-0.2, 0) is 5.88 Å². The molecule has 4 heteroatoms. The van der Waals surface area contributed by atoms with Crippen molar-refractivity contribution < 1.29 is 0 Å². The molecular formula is C15H18Cl2N2. The van der Waals surface area contributed by atoms with Gasteiger partial charge in [-0.15, -0.1) is 11.6 Å². The first-order chi connectivity index (χ1) is 9.13. The zero-order valence-electron chi connectivity index (χ0n) is 11.2. The summed E-state index contributed by atoms with van der Waals surface area (Å²) in [7, 11) is 0. The van der Waals surface area contributed by atoms with Gasteiger partial charge in [0, 0.05) is 6.04 Å². The fraction of sp³-hybridized carbons (Fsp3) is 0.533. The van der Waals surface area contributed by atoms with Crippen LogP contribution in [0.5, 0.6) is 0 Å². The van der Waals surface area contributed by atoms with Gasteiger partial charge in [-0.2, -0.15) is 0 Å². The van der Waals surface area contributed by atoms with Crippen molar-refractivity contribution in [2.24, 2.45) is 11.8 Å². The zero-order chi connectivity index (χ0) is 13.6. The summed E-state index contributed by atoms with van der Waals surface area (Å²) in [5.41, 5.74) is 2.00. The molecule has 3 rings (SSSR count). The first kappa shape index (κ1) is 13.3. The summed E-state index contributed by atoms with van der Waals surface area (Å²) in [5, 5.41) is 0.710. The summed E-state index contributed by atoms with van der Waals surface area (Å²) in [6.07, 6.45) is 2.47. The van der Waals surface area contributed by atoms with Crippen LogP contribution in [0.1, 0.15) is 38.6 Å². The molecule has 2 aromatic rings. The van der Waals surface area contributed by atoms with Crippen LogP contribution in [0.15, 0.2) is 18.2 Å². The second-order valence-corrected chi connectivity index (χ2v) is 6.29. The van der Waals surface area contributed by atoms with Crippen LogP contribution in [0.25, 0.3) is 11.0 Å². The highest BCUT2D eigenvalue weighted by atomic mass is 35.5. The number of aromatic nitrogens is 2. The van der Waals surface area contributed by atoms with Crippen molar-refractivity contribution in [1.82, 2.24) is 9.55 Å². The summed E-state index contributed by atoms with van der Waals surface area (Å²) >= 11 is 12.3. The zero-order valence-corrected chi connectivity index (χ0v) is 12.7. The van der Waals surface area contributed by atoms with Crippen molar-refractivity contribution in [2.45, 2.75) is 38.6 Å². The summed E-state index contributed by atoms with van der Waals surface area (Å²) < 4.78 is 2.32. The molecule has 0 bridgehead atoms. The van der Waals surface area contributed by atoms with Crippen molar-refractivity contribution in [2.75, 3.05) is 0 Å². The number of fused-ring (bicyclic) bond motifs is 1. The average Bonchev–Trinajstić information content (AvgIpc) is 2.92. The van der Waals surface area contributed by atoms with E-state index >= 15 is 0 Å². The molecule has 1 heterocycles. The minimum Gasteiger partial charge on any atom is -0.324 e. The Hall–Kier alpha value is -0.730. The lowest BCUT2D eigenvalue weighted by atomic mass is 9.97. The van der Waals surface area contributed by atoms with Gasteiger partial charge < -0.3 is 4.57 Å². The monoisotopic (exact) mass is 296 g/mol. The number of halogens is 2. The van der Waals surface area contributed by atoms with E-state index in [-0.39, 0.29) is 0 Å². The lowest BCUT2D eigenvalue weighted by molar-refractivity contribution is 0.354. The highest BCUT2D eigenvalue weighted by Crippen LogP contribution is 2.42. The molecule has 0 aliphatic heterocycles. The van der Waals surface area contributed by atoms with Crippen molar-refractivity contribution in [3.05, 3.63) is 29.0 Å². The average molecular weight is 297 g/mol. The Kier molecular flexibility index (Phi) is 3.48. The predicted molar refractivity (Wildman–Crippen MR) is 80.9 cm³/mol. The van der Waals surface area contributed by atoms with Crippen molar-refractivity contribution in [3.8, 4) is 0 Å². The largest absolute Gasteiger partial charge is 0.324 e. The Morgan fingerprint density at radius 1 is 1.32 bits per heavy atom. The molecule has 0 N–H and O–H groups in total. The molecule has 1 aromatic heterocycles. The number of para-hydroxylation sites is 1. The highest BCUT2D eigenvalue weighted by Gasteiger charge is 2.33. The molecule has 0 saturated heterocycles. The lowest BCUT2D eigenvalue weighted by Gasteiger charge is -2.22. The summed E-state index contributed by atoms with van der Waals surface area (Å²) in [5.74, 6) is 2.78. The molecular weight excluding hydrogens is 279 g/mol. The molecule has 1 aliphatic carbocycles. The molecule has 1 saturated carbocycles. The Morgan fingerprint density at radius 3 is 2.74 bits per heavy atom. The number of imidazole rings is 1. The third-order valence-electron chi connectivity index (χ3n) is 4.62. The Balaban J connectivity index is 2.19. The lowest BCUT2D eigenvalue weighted by Crippen LogP contribution is -2.16. The molecule has 1 aromatic carbocycles. The predicted octanol–water partition coefficient (Wildman–Crippen LogP) is 5.04. The molecule has 0 amide bonds. The van der Waals surface area contributed by atoms with E-state index in [1.165, 1.54) is 12.8 Å². The van der Waals surface area contributed by atoms with Crippen LogP contribution in [0.3, 0.4) is 0 Å². The maximum atomic E-state index is 6.25. The van der Waals surface area contributed by atoms with E-state index in [0.717, 1.165) is 22.8 Å².